The highest BCUT2D eigenvalue weighted by Gasteiger charge is 2.26. The summed E-state index contributed by atoms with van der Waals surface area (Å²) in [5, 5.41) is 15.5. The molecule has 0 aliphatic carbocycles. The molecule has 2 N–H and O–H groups in total. The van der Waals surface area contributed by atoms with Gasteiger partial charge in [0.25, 0.3) is 0 Å². The van der Waals surface area contributed by atoms with Crippen LogP contribution < -0.4 is 15.5 Å². The molecule has 2 heterocycles. The minimum Gasteiger partial charge on any atom is -0.356 e. The number of hydrogen-bond acceptors (Lipinski definition) is 6. The van der Waals surface area contributed by atoms with Gasteiger partial charge < -0.3 is 15.5 Å². The van der Waals surface area contributed by atoms with E-state index in [1.54, 1.807) is 12.1 Å². The zero-order valence-corrected chi connectivity index (χ0v) is 18.5. The average molecular weight is 448 g/mol. The lowest BCUT2D eigenvalue weighted by Gasteiger charge is -2.32. The summed E-state index contributed by atoms with van der Waals surface area (Å²) in [5.74, 6) is 0.910. The number of carbonyl (C=O) groups excluding carboxylic acids is 2. The third-order valence-electron chi connectivity index (χ3n) is 4.79. The number of nitrogens with zero attached hydrogens (tertiary/aromatic N) is 3. The van der Waals surface area contributed by atoms with Crippen LogP contribution in [-0.2, 0) is 9.59 Å². The van der Waals surface area contributed by atoms with Gasteiger partial charge in [-0.25, -0.2) is 0 Å². The Balaban J connectivity index is 1.50. The molecule has 30 heavy (non-hydrogen) atoms. The fourth-order valence-electron chi connectivity index (χ4n) is 3.24. The van der Waals surface area contributed by atoms with E-state index in [1.165, 1.54) is 11.8 Å². The van der Waals surface area contributed by atoms with Crippen molar-refractivity contribution in [1.29, 1.82) is 0 Å². The van der Waals surface area contributed by atoms with Crippen LogP contribution in [0.1, 0.15) is 26.2 Å². The van der Waals surface area contributed by atoms with Crippen LogP contribution in [-0.4, -0.2) is 47.4 Å². The summed E-state index contributed by atoms with van der Waals surface area (Å²) >= 11 is 7.37. The largest absolute Gasteiger partial charge is 0.356 e. The van der Waals surface area contributed by atoms with E-state index in [0.717, 1.165) is 31.6 Å². The number of aromatic nitrogens is 2. The van der Waals surface area contributed by atoms with Crippen LogP contribution >= 0.6 is 23.4 Å². The molecule has 3 rings (SSSR count). The predicted molar refractivity (Wildman–Crippen MR) is 121 cm³/mol. The maximum Gasteiger partial charge on any atom is 0.234 e. The zero-order chi connectivity index (χ0) is 21.3. The number of piperidine rings is 1. The molecule has 0 radical (unpaired) electrons. The first-order valence-corrected chi connectivity index (χ1v) is 11.5. The van der Waals surface area contributed by atoms with E-state index >= 15 is 0 Å². The Morgan fingerprint density at radius 1 is 1.23 bits per heavy atom. The van der Waals surface area contributed by atoms with Gasteiger partial charge in [-0.15, -0.1) is 10.2 Å². The Bertz CT molecular complexity index is 865. The molecule has 1 aromatic carbocycles. The van der Waals surface area contributed by atoms with Crippen molar-refractivity contribution in [3.63, 3.8) is 0 Å². The number of thioether (sulfide) groups is 1. The van der Waals surface area contributed by atoms with Gasteiger partial charge in [0.1, 0.15) is 5.03 Å². The smallest absolute Gasteiger partial charge is 0.234 e. The first-order valence-electron chi connectivity index (χ1n) is 10.1. The third-order valence-corrected chi connectivity index (χ3v) is 6.04. The van der Waals surface area contributed by atoms with E-state index in [2.05, 4.69) is 25.7 Å². The number of benzene rings is 1. The molecule has 0 unspecified atom stereocenters. The highest BCUT2D eigenvalue weighted by atomic mass is 35.5. The average Bonchev–Trinajstić information content (AvgIpc) is 2.78. The first-order chi connectivity index (χ1) is 14.6. The maximum atomic E-state index is 12.3. The van der Waals surface area contributed by atoms with Gasteiger partial charge in [0.15, 0.2) is 5.82 Å². The number of rotatable bonds is 8. The number of carbonyl (C=O) groups is 2. The van der Waals surface area contributed by atoms with Crippen molar-refractivity contribution < 1.29 is 9.59 Å². The Hall–Kier alpha value is -2.32. The van der Waals surface area contributed by atoms with Crippen LogP contribution in [0.25, 0.3) is 0 Å². The quantitative estimate of drug-likeness (QED) is 0.601. The third kappa shape index (κ3) is 6.34. The van der Waals surface area contributed by atoms with E-state index in [1.807, 2.05) is 31.2 Å². The predicted octanol–water partition coefficient (Wildman–Crippen LogP) is 3.60. The molecule has 1 aromatic heterocycles. The molecule has 2 amide bonds. The zero-order valence-electron chi connectivity index (χ0n) is 16.9. The van der Waals surface area contributed by atoms with Crippen LogP contribution in [0.3, 0.4) is 0 Å². The van der Waals surface area contributed by atoms with Gasteiger partial charge in [0.2, 0.25) is 11.8 Å². The number of amides is 2. The molecule has 7 nitrogen and oxygen atoms in total. The number of halogens is 1. The van der Waals surface area contributed by atoms with E-state index < -0.39 is 0 Å². The molecular weight excluding hydrogens is 422 g/mol. The summed E-state index contributed by atoms with van der Waals surface area (Å²) in [6.07, 6.45) is 2.78. The minimum absolute atomic E-state index is 0.0188. The number of anilines is 2. The molecule has 160 valence electrons. The molecule has 9 heteroatoms. The van der Waals surface area contributed by atoms with Gasteiger partial charge in [-0.1, -0.05) is 42.4 Å². The molecule has 0 saturated carbocycles. The van der Waals surface area contributed by atoms with E-state index in [9.17, 15) is 9.59 Å². The van der Waals surface area contributed by atoms with E-state index in [-0.39, 0.29) is 23.5 Å². The summed E-state index contributed by atoms with van der Waals surface area (Å²) < 4.78 is 0. The minimum atomic E-state index is -0.157. The van der Waals surface area contributed by atoms with E-state index in [4.69, 9.17) is 11.6 Å². The fourth-order valence-corrected chi connectivity index (χ4v) is 4.04. The monoisotopic (exact) mass is 447 g/mol. The Morgan fingerprint density at radius 2 is 2.07 bits per heavy atom. The highest BCUT2D eigenvalue weighted by molar-refractivity contribution is 7.99. The molecule has 0 bridgehead atoms. The summed E-state index contributed by atoms with van der Waals surface area (Å²) in [5.41, 5.74) is 0.592. The van der Waals surface area contributed by atoms with Crippen molar-refractivity contribution in [2.24, 2.45) is 5.92 Å². The number of nitrogens with one attached hydrogen (secondary N) is 2. The topological polar surface area (TPSA) is 87.2 Å². The van der Waals surface area contributed by atoms with Crippen molar-refractivity contribution in [1.82, 2.24) is 15.5 Å². The second kappa shape index (κ2) is 11.2. The van der Waals surface area contributed by atoms with Crippen LogP contribution in [0.4, 0.5) is 11.5 Å². The molecule has 1 atom stereocenters. The van der Waals surface area contributed by atoms with Gasteiger partial charge in [-0.3, -0.25) is 9.59 Å². The van der Waals surface area contributed by atoms with Crippen molar-refractivity contribution >= 4 is 46.7 Å². The Morgan fingerprint density at radius 3 is 2.80 bits per heavy atom. The first kappa shape index (κ1) is 22.4. The van der Waals surface area contributed by atoms with Gasteiger partial charge in [-0.05, 0) is 43.5 Å². The molecule has 2 aromatic rings. The number of hydrogen-bond donors (Lipinski definition) is 2. The Labute approximate surface area is 186 Å². The van der Waals surface area contributed by atoms with Crippen LogP contribution in [0.15, 0.2) is 41.4 Å². The SMILES string of the molecule is CCCNC(=O)[C@H]1CCCN(c2ccc(SCC(=O)Nc3ccccc3Cl)nn2)C1. The number of para-hydroxylation sites is 1. The second-order valence-electron chi connectivity index (χ2n) is 7.12. The molecule has 1 saturated heterocycles. The van der Waals surface area contributed by atoms with Crippen molar-refractivity contribution in [2.75, 3.05) is 35.6 Å². The Kier molecular flexibility index (Phi) is 8.33. The van der Waals surface area contributed by atoms with Crippen molar-refractivity contribution in [3.05, 3.63) is 41.4 Å². The van der Waals surface area contributed by atoms with Gasteiger partial charge in [0.05, 0.1) is 22.4 Å². The maximum absolute atomic E-state index is 12.3. The molecule has 0 spiro atoms. The van der Waals surface area contributed by atoms with Crippen molar-refractivity contribution in [3.8, 4) is 0 Å². The van der Waals surface area contributed by atoms with Crippen LogP contribution in [0.2, 0.25) is 5.02 Å². The van der Waals surface area contributed by atoms with Crippen LogP contribution in [0, 0.1) is 5.92 Å². The summed E-state index contributed by atoms with van der Waals surface area (Å²) in [6, 6.07) is 10.9. The fraction of sp³-hybridized carbons (Fsp3) is 0.429. The molecule has 1 aliphatic heterocycles. The summed E-state index contributed by atoms with van der Waals surface area (Å²) in [6.45, 7) is 4.27. The lowest BCUT2D eigenvalue weighted by atomic mass is 9.97. The van der Waals surface area contributed by atoms with Crippen LogP contribution in [0.5, 0.6) is 0 Å². The molecule has 1 aliphatic rings. The normalized spacial score (nSPS) is 16.2. The molecular formula is C21H26ClN5O2S. The lowest BCUT2D eigenvalue weighted by Crippen LogP contribution is -2.43. The van der Waals surface area contributed by atoms with Gasteiger partial charge >= 0.3 is 0 Å². The van der Waals surface area contributed by atoms with Gasteiger partial charge in [-0.2, -0.15) is 0 Å². The summed E-state index contributed by atoms with van der Waals surface area (Å²) in [4.78, 5) is 26.5. The lowest BCUT2D eigenvalue weighted by molar-refractivity contribution is -0.125. The van der Waals surface area contributed by atoms with E-state index in [0.29, 0.717) is 28.8 Å². The standard InChI is InChI=1S/C21H26ClN5O2S/c1-2-11-23-21(29)15-6-5-12-27(13-15)18-9-10-20(26-25-18)30-14-19(28)24-17-8-4-3-7-16(17)22/h3-4,7-10,15H,2,5-6,11-14H2,1H3,(H,23,29)(H,24,28)/t15-/m0/s1. The van der Waals surface area contributed by atoms with Gasteiger partial charge in [0, 0.05) is 19.6 Å². The molecule has 1 fully saturated rings. The highest BCUT2D eigenvalue weighted by Crippen LogP contribution is 2.24. The summed E-state index contributed by atoms with van der Waals surface area (Å²) in [7, 11) is 0. The second-order valence-corrected chi connectivity index (χ2v) is 8.53. The van der Waals surface area contributed by atoms with Crippen molar-refractivity contribution in [2.45, 2.75) is 31.2 Å².